The summed E-state index contributed by atoms with van der Waals surface area (Å²) >= 11 is 0. The molecule has 0 aliphatic heterocycles. The lowest BCUT2D eigenvalue weighted by Crippen LogP contribution is -2.04. The number of alkyl halides is 3. The zero-order chi connectivity index (χ0) is 13.6. The van der Waals surface area contributed by atoms with Crippen LogP contribution in [0.15, 0.2) is 35.0 Å². The topological polar surface area (TPSA) is 67.8 Å². The molecule has 7 heteroatoms. The van der Waals surface area contributed by atoms with Crippen molar-refractivity contribution in [2.24, 2.45) is 0 Å². The van der Waals surface area contributed by atoms with Crippen molar-refractivity contribution in [2.45, 2.75) is 6.18 Å². The third-order valence-electron chi connectivity index (χ3n) is 2.81. The number of hydrogen-bond donors (Lipinski definition) is 2. The molecule has 2 heterocycles. The summed E-state index contributed by atoms with van der Waals surface area (Å²) in [4.78, 5) is 2.84. The molecular formula is C12H8F3N3O. The van der Waals surface area contributed by atoms with Gasteiger partial charge in [0.15, 0.2) is 0 Å². The van der Waals surface area contributed by atoms with E-state index in [4.69, 9.17) is 10.3 Å². The van der Waals surface area contributed by atoms with Gasteiger partial charge in [0.25, 0.3) is 0 Å². The highest BCUT2D eigenvalue weighted by Crippen LogP contribution is 2.37. The number of nitrogen functional groups attached to an aromatic ring is 1. The summed E-state index contributed by atoms with van der Waals surface area (Å²) < 4.78 is 43.5. The molecule has 0 radical (unpaired) electrons. The number of hydrogen-bond acceptors (Lipinski definition) is 3. The molecule has 0 saturated carbocycles. The minimum atomic E-state index is -4.41. The number of halogens is 3. The Bertz CT molecular complexity index is 742. The summed E-state index contributed by atoms with van der Waals surface area (Å²) in [6, 6.07) is 5.29. The first kappa shape index (κ1) is 11.6. The van der Waals surface area contributed by atoms with Crippen LogP contribution in [-0.2, 0) is 6.18 Å². The van der Waals surface area contributed by atoms with Crippen molar-refractivity contribution in [1.29, 1.82) is 0 Å². The molecule has 2 aromatic heterocycles. The Labute approximate surface area is 105 Å². The van der Waals surface area contributed by atoms with E-state index in [9.17, 15) is 13.2 Å². The maximum absolute atomic E-state index is 12.9. The van der Waals surface area contributed by atoms with Crippen LogP contribution in [-0.4, -0.2) is 10.1 Å². The molecule has 0 saturated heterocycles. The molecule has 0 aliphatic carbocycles. The Kier molecular flexibility index (Phi) is 2.31. The Morgan fingerprint density at radius 1 is 1.26 bits per heavy atom. The average Bonchev–Trinajstić information content (AvgIpc) is 2.91. The lowest BCUT2D eigenvalue weighted by molar-refractivity contribution is -0.136. The van der Waals surface area contributed by atoms with Crippen molar-refractivity contribution >= 4 is 16.6 Å². The van der Waals surface area contributed by atoms with E-state index >= 15 is 0 Å². The van der Waals surface area contributed by atoms with Gasteiger partial charge in [-0.15, -0.1) is 0 Å². The second-order valence-corrected chi connectivity index (χ2v) is 4.06. The lowest BCUT2D eigenvalue weighted by atomic mass is 10.1. The van der Waals surface area contributed by atoms with Gasteiger partial charge in [0.2, 0.25) is 5.76 Å². The fraction of sp³-hybridized carbons (Fsp3) is 0.0833. The highest BCUT2D eigenvalue weighted by Gasteiger charge is 2.33. The van der Waals surface area contributed by atoms with Gasteiger partial charge in [-0.3, -0.25) is 0 Å². The van der Waals surface area contributed by atoms with Gasteiger partial charge in [0.1, 0.15) is 5.69 Å². The zero-order valence-corrected chi connectivity index (χ0v) is 9.45. The largest absolute Gasteiger partial charge is 0.417 e. The van der Waals surface area contributed by atoms with Crippen molar-refractivity contribution in [3.05, 3.63) is 36.0 Å². The second-order valence-electron chi connectivity index (χ2n) is 4.06. The van der Waals surface area contributed by atoms with Crippen LogP contribution in [0.25, 0.3) is 22.4 Å². The Hall–Kier alpha value is -2.44. The second kappa shape index (κ2) is 3.78. The molecule has 0 bridgehead atoms. The van der Waals surface area contributed by atoms with E-state index in [1.165, 1.54) is 18.3 Å². The predicted octanol–water partition coefficient (Wildman–Crippen LogP) is 3.42. The summed E-state index contributed by atoms with van der Waals surface area (Å²) in [6.45, 7) is 0. The summed E-state index contributed by atoms with van der Waals surface area (Å²) in [5, 5.41) is 3.57. The van der Waals surface area contributed by atoms with E-state index in [0.29, 0.717) is 11.2 Å². The number of fused-ring (bicyclic) bond motifs is 1. The van der Waals surface area contributed by atoms with Gasteiger partial charge in [-0.05, 0) is 18.2 Å². The maximum Gasteiger partial charge on any atom is 0.417 e. The first-order valence-electron chi connectivity index (χ1n) is 5.36. The number of nitrogens with one attached hydrogen (secondary N) is 1. The average molecular weight is 267 g/mol. The third-order valence-corrected chi connectivity index (χ3v) is 2.81. The van der Waals surface area contributed by atoms with Crippen molar-refractivity contribution in [1.82, 2.24) is 10.1 Å². The van der Waals surface area contributed by atoms with Crippen LogP contribution < -0.4 is 5.73 Å². The summed E-state index contributed by atoms with van der Waals surface area (Å²) in [7, 11) is 0. The number of nitrogens with two attached hydrogens (primary N) is 1. The number of aromatic amines is 1. The molecule has 19 heavy (non-hydrogen) atoms. The van der Waals surface area contributed by atoms with E-state index in [0.717, 1.165) is 6.07 Å². The molecule has 1 aromatic carbocycles. The van der Waals surface area contributed by atoms with Crippen LogP contribution >= 0.6 is 0 Å². The Morgan fingerprint density at radius 3 is 2.68 bits per heavy atom. The molecule has 98 valence electrons. The standard InChI is InChI=1S/C12H8F3N3O/c13-12(14,15)7-2-1-3-9-6(7)4-10(18-9)11-8(16)5-17-19-11/h1-5,18H,16H2. The van der Waals surface area contributed by atoms with Gasteiger partial charge in [-0.1, -0.05) is 11.2 Å². The molecule has 0 amide bonds. The molecule has 0 spiro atoms. The predicted molar refractivity (Wildman–Crippen MR) is 63.2 cm³/mol. The fourth-order valence-corrected chi connectivity index (χ4v) is 1.98. The van der Waals surface area contributed by atoms with Crippen molar-refractivity contribution < 1.29 is 17.7 Å². The monoisotopic (exact) mass is 267 g/mol. The fourth-order valence-electron chi connectivity index (χ4n) is 1.98. The molecule has 0 aliphatic rings. The normalized spacial score (nSPS) is 12.2. The quantitative estimate of drug-likeness (QED) is 0.709. The Morgan fingerprint density at radius 2 is 2.05 bits per heavy atom. The molecule has 3 aromatic rings. The van der Waals surface area contributed by atoms with Crippen LogP contribution in [0.2, 0.25) is 0 Å². The first-order valence-corrected chi connectivity index (χ1v) is 5.36. The van der Waals surface area contributed by atoms with E-state index < -0.39 is 11.7 Å². The summed E-state index contributed by atoms with van der Waals surface area (Å²) in [5.41, 5.74) is 5.90. The van der Waals surface area contributed by atoms with E-state index in [2.05, 4.69) is 10.1 Å². The van der Waals surface area contributed by atoms with E-state index in [-0.39, 0.29) is 16.8 Å². The zero-order valence-electron chi connectivity index (χ0n) is 9.45. The van der Waals surface area contributed by atoms with Crippen LogP contribution in [0, 0.1) is 0 Å². The summed E-state index contributed by atoms with van der Waals surface area (Å²) in [5.74, 6) is 0.226. The van der Waals surface area contributed by atoms with Gasteiger partial charge in [0, 0.05) is 10.9 Å². The molecule has 3 N–H and O–H groups in total. The smallest absolute Gasteiger partial charge is 0.394 e. The first-order chi connectivity index (χ1) is 8.97. The van der Waals surface area contributed by atoms with Crippen molar-refractivity contribution in [3.8, 4) is 11.5 Å². The van der Waals surface area contributed by atoms with E-state index in [1.807, 2.05) is 0 Å². The van der Waals surface area contributed by atoms with Crippen LogP contribution in [0.1, 0.15) is 5.56 Å². The number of anilines is 1. The molecule has 3 rings (SSSR count). The molecule has 0 atom stereocenters. The molecule has 0 unspecified atom stereocenters. The number of rotatable bonds is 1. The van der Waals surface area contributed by atoms with Gasteiger partial charge in [-0.25, -0.2) is 0 Å². The highest BCUT2D eigenvalue weighted by molar-refractivity contribution is 5.89. The van der Waals surface area contributed by atoms with Crippen LogP contribution in [0.3, 0.4) is 0 Å². The van der Waals surface area contributed by atoms with Crippen LogP contribution in [0.4, 0.5) is 18.9 Å². The minimum absolute atomic E-state index is 0.0702. The van der Waals surface area contributed by atoms with Gasteiger partial charge < -0.3 is 15.2 Å². The number of H-pyrrole nitrogens is 1. The highest BCUT2D eigenvalue weighted by atomic mass is 19.4. The molecule has 0 fully saturated rings. The van der Waals surface area contributed by atoms with Gasteiger partial charge in [0.05, 0.1) is 17.5 Å². The van der Waals surface area contributed by atoms with Gasteiger partial charge >= 0.3 is 6.18 Å². The minimum Gasteiger partial charge on any atom is -0.394 e. The number of aromatic nitrogens is 2. The molecular weight excluding hydrogens is 259 g/mol. The Balaban J connectivity index is 2.25. The van der Waals surface area contributed by atoms with Crippen molar-refractivity contribution in [3.63, 3.8) is 0 Å². The lowest BCUT2D eigenvalue weighted by Gasteiger charge is -2.06. The van der Waals surface area contributed by atoms with Gasteiger partial charge in [-0.2, -0.15) is 13.2 Å². The maximum atomic E-state index is 12.9. The third kappa shape index (κ3) is 1.83. The number of benzene rings is 1. The van der Waals surface area contributed by atoms with Crippen LogP contribution in [0.5, 0.6) is 0 Å². The SMILES string of the molecule is Nc1cnoc1-c1cc2c(C(F)(F)F)cccc2[nH]1. The van der Waals surface area contributed by atoms with E-state index in [1.54, 1.807) is 6.07 Å². The molecule has 4 nitrogen and oxygen atoms in total. The summed E-state index contributed by atoms with van der Waals surface area (Å²) in [6.07, 6.45) is -3.11. The van der Waals surface area contributed by atoms with Crippen molar-refractivity contribution in [2.75, 3.05) is 5.73 Å². The number of nitrogens with zero attached hydrogens (tertiary/aromatic N) is 1.